The summed E-state index contributed by atoms with van der Waals surface area (Å²) in [5, 5.41) is 5.34. The average Bonchev–Trinajstić information content (AvgIpc) is 3.40. The Bertz CT molecular complexity index is 1040. The molecule has 2 aromatic carbocycles. The Morgan fingerprint density at radius 2 is 1.79 bits per heavy atom. The minimum absolute atomic E-state index is 0.0239. The molecule has 1 atom stereocenters. The van der Waals surface area contributed by atoms with Crippen molar-refractivity contribution in [1.82, 2.24) is 10.2 Å². The van der Waals surface area contributed by atoms with E-state index in [0.717, 1.165) is 47.3 Å². The number of benzene rings is 2. The molecule has 1 aromatic heterocycles. The van der Waals surface area contributed by atoms with Crippen molar-refractivity contribution in [3.05, 3.63) is 83.2 Å². The van der Waals surface area contributed by atoms with Crippen LogP contribution in [-0.4, -0.2) is 22.8 Å². The maximum Gasteiger partial charge on any atom is 0.247 e. The first-order chi connectivity index (χ1) is 16.2. The number of carbonyl (C=O) groups is 2. The van der Waals surface area contributed by atoms with Gasteiger partial charge in [-0.25, -0.2) is 0 Å². The number of nitrogens with zero attached hydrogens (tertiary/aromatic N) is 1. The van der Waals surface area contributed by atoms with E-state index >= 15 is 0 Å². The molecule has 0 saturated heterocycles. The fourth-order valence-electron chi connectivity index (χ4n) is 4.61. The van der Waals surface area contributed by atoms with Gasteiger partial charge in [0, 0.05) is 23.9 Å². The van der Waals surface area contributed by atoms with Crippen molar-refractivity contribution >= 4 is 23.2 Å². The maximum absolute atomic E-state index is 13.8. The van der Waals surface area contributed by atoms with E-state index in [1.54, 1.807) is 16.2 Å². The molecule has 33 heavy (non-hydrogen) atoms. The Labute approximate surface area is 200 Å². The minimum atomic E-state index is -0.667. The molecule has 5 heteroatoms. The van der Waals surface area contributed by atoms with E-state index in [2.05, 4.69) is 28.9 Å². The third-order valence-corrected chi connectivity index (χ3v) is 7.26. The predicted molar refractivity (Wildman–Crippen MR) is 135 cm³/mol. The summed E-state index contributed by atoms with van der Waals surface area (Å²) in [4.78, 5) is 29.9. The molecule has 0 spiro atoms. The molecule has 3 aromatic rings. The van der Waals surface area contributed by atoms with Crippen LogP contribution in [0.1, 0.15) is 62.6 Å². The van der Waals surface area contributed by atoms with E-state index in [-0.39, 0.29) is 17.9 Å². The smallest absolute Gasteiger partial charge is 0.247 e. The molecule has 1 heterocycles. The zero-order valence-corrected chi connectivity index (χ0v) is 20.0. The van der Waals surface area contributed by atoms with Crippen molar-refractivity contribution < 1.29 is 9.59 Å². The quantitative estimate of drug-likeness (QED) is 0.426. The topological polar surface area (TPSA) is 49.4 Å². The van der Waals surface area contributed by atoms with Gasteiger partial charge >= 0.3 is 0 Å². The highest BCUT2D eigenvalue weighted by Crippen LogP contribution is 2.31. The molecule has 1 N–H and O–H groups in total. The Morgan fingerprint density at radius 1 is 1.00 bits per heavy atom. The number of carbonyl (C=O) groups excluding carboxylic acids is 2. The summed E-state index contributed by atoms with van der Waals surface area (Å²) in [6.07, 6.45) is 5.89. The Kier molecular flexibility index (Phi) is 7.95. The Hall–Kier alpha value is -2.92. The van der Waals surface area contributed by atoms with Gasteiger partial charge in [0.2, 0.25) is 11.8 Å². The van der Waals surface area contributed by atoms with Gasteiger partial charge in [-0.1, -0.05) is 80.8 Å². The summed E-state index contributed by atoms with van der Waals surface area (Å²) in [5.74, 6) is -0.105. The molecule has 1 aliphatic rings. The SMILES string of the molecule is CCC(=O)N(Cc1ccccc1)C(C(=O)NC1CCCCC1)c1cccc(-c2cccs2)c1. The Morgan fingerprint density at radius 3 is 2.48 bits per heavy atom. The second-order valence-electron chi connectivity index (χ2n) is 8.71. The van der Waals surface area contributed by atoms with Crippen LogP contribution in [0.25, 0.3) is 10.4 Å². The van der Waals surface area contributed by atoms with Gasteiger partial charge in [0.1, 0.15) is 6.04 Å². The number of rotatable bonds is 8. The molecule has 0 bridgehead atoms. The highest BCUT2D eigenvalue weighted by Gasteiger charge is 2.32. The average molecular weight is 461 g/mol. The third-order valence-electron chi connectivity index (χ3n) is 6.34. The van der Waals surface area contributed by atoms with Gasteiger partial charge < -0.3 is 10.2 Å². The second kappa shape index (κ2) is 11.3. The summed E-state index contributed by atoms with van der Waals surface area (Å²) in [6, 6.07) is 21.6. The van der Waals surface area contributed by atoms with Crippen LogP contribution in [0, 0.1) is 0 Å². The summed E-state index contributed by atoms with van der Waals surface area (Å²) in [5.41, 5.74) is 2.94. The lowest BCUT2D eigenvalue weighted by Gasteiger charge is -2.33. The standard InChI is InChI=1S/C28H32N2O2S/c1-2-26(31)30(20-21-11-5-3-6-12-21)27(28(32)29-24-15-7-4-8-16-24)23-14-9-13-22(19-23)25-17-10-18-33-25/h3,5-6,9-14,17-19,24,27H,2,4,7-8,15-16,20H2,1H3,(H,29,32). The van der Waals surface area contributed by atoms with Crippen molar-refractivity contribution in [1.29, 1.82) is 0 Å². The monoisotopic (exact) mass is 460 g/mol. The maximum atomic E-state index is 13.8. The zero-order valence-electron chi connectivity index (χ0n) is 19.2. The van der Waals surface area contributed by atoms with Gasteiger partial charge in [-0.15, -0.1) is 11.3 Å². The lowest BCUT2D eigenvalue weighted by Crippen LogP contribution is -2.46. The summed E-state index contributed by atoms with van der Waals surface area (Å²) < 4.78 is 0. The van der Waals surface area contributed by atoms with Crippen molar-refractivity contribution in [3.8, 4) is 10.4 Å². The van der Waals surface area contributed by atoms with E-state index in [4.69, 9.17) is 0 Å². The van der Waals surface area contributed by atoms with Gasteiger partial charge in [-0.2, -0.15) is 0 Å². The number of hydrogen-bond acceptors (Lipinski definition) is 3. The fraction of sp³-hybridized carbons (Fsp3) is 0.357. The molecule has 1 saturated carbocycles. The second-order valence-corrected chi connectivity index (χ2v) is 9.66. The summed E-state index contributed by atoms with van der Waals surface area (Å²) >= 11 is 1.67. The first kappa shape index (κ1) is 23.2. The molecule has 0 aliphatic heterocycles. The van der Waals surface area contributed by atoms with Crippen LogP contribution in [-0.2, 0) is 16.1 Å². The Balaban J connectivity index is 1.71. The first-order valence-electron chi connectivity index (χ1n) is 11.9. The highest BCUT2D eigenvalue weighted by molar-refractivity contribution is 7.13. The number of amides is 2. The van der Waals surface area contributed by atoms with E-state index < -0.39 is 6.04 Å². The first-order valence-corrected chi connectivity index (χ1v) is 12.8. The molecular formula is C28H32N2O2S. The van der Waals surface area contributed by atoms with Crippen molar-refractivity contribution in [2.75, 3.05) is 0 Å². The van der Waals surface area contributed by atoms with Gasteiger partial charge in [0.15, 0.2) is 0 Å². The predicted octanol–water partition coefficient (Wildman–Crippen LogP) is 6.34. The van der Waals surface area contributed by atoms with E-state index in [0.29, 0.717) is 13.0 Å². The van der Waals surface area contributed by atoms with Crippen LogP contribution in [0.3, 0.4) is 0 Å². The molecule has 4 rings (SSSR count). The van der Waals surface area contributed by atoms with Crippen LogP contribution < -0.4 is 5.32 Å². The fourth-order valence-corrected chi connectivity index (χ4v) is 5.34. The molecule has 2 amide bonds. The molecule has 0 radical (unpaired) electrons. The third kappa shape index (κ3) is 5.91. The van der Waals surface area contributed by atoms with Crippen LogP contribution >= 0.6 is 11.3 Å². The molecule has 4 nitrogen and oxygen atoms in total. The molecule has 1 aliphatic carbocycles. The lowest BCUT2D eigenvalue weighted by molar-refractivity contribution is -0.141. The van der Waals surface area contributed by atoms with Gasteiger partial charge in [0.05, 0.1) is 0 Å². The van der Waals surface area contributed by atoms with E-state index in [1.807, 2.05) is 55.5 Å². The zero-order chi connectivity index (χ0) is 23.0. The lowest BCUT2D eigenvalue weighted by atomic mass is 9.94. The summed E-state index contributed by atoms with van der Waals surface area (Å²) in [6.45, 7) is 2.26. The van der Waals surface area contributed by atoms with Gasteiger partial charge in [-0.05, 0) is 47.0 Å². The molecule has 1 unspecified atom stereocenters. The largest absolute Gasteiger partial charge is 0.351 e. The highest BCUT2D eigenvalue weighted by atomic mass is 32.1. The van der Waals surface area contributed by atoms with E-state index in [1.165, 1.54) is 6.42 Å². The van der Waals surface area contributed by atoms with Crippen molar-refractivity contribution in [2.24, 2.45) is 0 Å². The number of hydrogen-bond donors (Lipinski definition) is 1. The summed E-state index contributed by atoms with van der Waals surface area (Å²) in [7, 11) is 0. The minimum Gasteiger partial charge on any atom is -0.351 e. The van der Waals surface area contributed by atoms with Crippen LogP contribution in [0.2, 0.25) is 0 Å². The van der Waals surface area contributed by atoms with Crippen LogP contribution in [0.4, 0.5) is 0 Å². The normalized spacial score (nSPS) is 15.1. The molecule has 1 fully saturated rings. The molecular weight excluding hydrogens is 428 g/mol. The number of thiophene rings is 1. The van der Waals surface area contributed by atoms with E-state index in [9.17, 15) is 9.59 Å². The number of nitrogens with one attached hydrogen (secondary N) is 1. The molecule has 172 valence electrons. The van der Waals surface area contributed by atoms with Crippen LogP contribution in [0.5, 0.6) is 0 Å². The van der Waals surface area contributed by atoms with Gasteiger partial charge in [0.25, 0.3) is 0 Å². The van der Waals surface area contributed by atoms with Crippen molar-refractivity contribution in [2.45, 2.75) is 64.1 Å². The van der Waals surface area contributed by atoms with Crippen LogP contribution in [0.15, 0.2) is 72.1 Å². The van der Waals surface area contributed by atoms with Crippen molar-refractivity contribution in [3.63, 3.8) is 0 Å². The van der Waals surface area contributed by atoms with Gasteiger partial charge in [-0.3, -0.25) is 9.59 Å².